The van der Waals surface area contributed by atoms with Crippen LogP contribution in [-0.2, 0) is 16.6 Å². The SMILES string of the molecule is O=S(=O)(NCc1nn2cnnc2s1)c1cccs1. The van der Waals surface area contributed by atoms with Gasteiger partial charge >= 0.3 is 0 Å². The molecule has 0 bridgehead atoms. The Morgan fingerprint density at radius 3 is 3.06 bits per heavy atom. The van der Waals surface area contributed by atoms with Gasteiger partial charge in [0.1, 0.15) is 15.5 Å². The summed E-state index contributed by atoms with van der Waals surface area (Å²) in [7, 11) is -3.45. The molecule has 3 aromatic rings. The van der Waals surface area contributed by atoms with Crippen LogP contribution in [0.15, 0.2) is 28.0 Å². The summed E-state index contributed by atoms with van der Waals surface area (Å²) in [4.78, 5) is 0.639. The van der Waals surface area contributed by atoms with Gasteiger partial charge in [-0.15, -0.1) is 21.5 Å². The normalized spacial score (nSPS) is 12.2. The van der Waals surface area contributed by atoms with Crippen LogP contribution < -0.4 is 4.72 Å². The van der Waals surface area contributed by atoms with E-state index in [1.807, 2.05) is 0 Å². The summed E-state index contributed by atoms with van der Waals surface area (Å²) < 4.78 is 28.0. The molecule has 94 valence electrons. The zero-order valence-corrected chi connectivity index (χ0v) is 11.3. The van der Waals surface area contributed by atoms with E-state index in [-0.39, 0.29) is 6.54 Å². The van der Waals surface area contributed by atoms with Crippen LogP contribution in [0.2, 0.25) is 0 Å². The van der Waals surface area contributed by atoms with Crippen molar-refractivity contribution in [3.05, 3.63) is 28.8 Å². The third-order valence-electron chi connectivity index (χ3n) is 2.10. The van der Waals surface area contributed by atoms with Gasteiger partial charge in [0.2, 0.25) is 15.0 Å². The monoisotopic (exact) mass is 301 g/mol. The minimum Gasteiger partial charge on any atom is -0.206 e. The van der Waals surface area contributed by atoms with Crippen LogP contribution in [0.4, 0.5) is 0 Å². The summed E-state index contributed by atoms with van der Waals surface area (Å²) in [6.45, 7) is 0.147. The van der Waals surface area contributed by atoms with Gasteiger partial charge in [0.05, 0.1) is 6.54 Å². The Hall–Kier alpha value is -1.36. The van der Waals surface area contributed by atoms with E-state index in [4.69, 9.17) is 0 Å². The van der Waals surface area contributed by atoms with Crippen LogP contribution in [0.3, 0.4) is 0 Å². The highest BCUT2D eigenvalue weighted by atomic mass is 32.2. The maximum absolute atomic E-state index is 11.9. The summed E-state index contributed by atoms with van der Waals surface area (Å²) >= 11 is 2.47. The first-order valence-electron chi connectivity index (χ1n) is 4.84. The molecule has 0 radical (unpaired) electrons. The minimum atomic E-state index is -3.45. The molecular weight excluding hydrogens is 294 g/mol. The van der Waals surface area contributed by atoms with Crippen LogP contribution in [0.25, 0.3) is 4.96 Å². The van der Waals surface area contributed by atoms with Crippen LogP contribution in [0.1, 0.15) is 5.01 Å². The van der Waals surface area contributed by atoms with E-state index in [2.05, 4.69) is 20.0 Å². The average molecular weight is 301 g/mol. The number of fused-ring (bicyclic) bond motifs is 1. The molecule has 0 atom stereocenters. The topological polar surface area (TPSA) is 89.2 Å². The van der Waals surface area contributed by atoms with Gasteiger partial charge in [0.15, 0.2) is 0 Å². The number of nitrogens with one attached hydrogen (secondary N) is 1. The zero-order chi connectivity index (χ0) is 12.6. The van der Waals surface area contributed by atoms with E-state index in [0.717, 1.165) is 0 Å². The Kier molecular flexibility index (Phi) is 2.86. The van der Waals surface area contributed by atoms with Gasteiger partial charge in [-0.05, 0) is 11.4 Å². The van der Waals surface area contributed by atoms with Crippen molar-refractivity contribution in [3.8, 4) is 0 Å². The lowest BCUT2D eigenvalue weighted by atomic mass is 10.7. The molecule has 10 heteroatoms. The van der Waals surface area contributed by atoms with Gasteiger partial charge in [-0.3, -0.25) is 0 Å². The Balaban J connectivity index is 1.77. The molecule has 3 heterocycles. The van der Waals surface area contributed by atoms with Gasteiger partial charge in [-0.25, -0.2) is 13.1 Å². The number of sulfonamides is 1. The van der Waals surface area contributed by atoms with Crippen molar-refractivity contribution in [1.82, 2.24) is 24.5 Å². The predicted molar refractivity (Wildman–Crippen MR) is 67.0 cm³/mol. The summed E-state index contributed by atoms with van der Waals surface area (Å²) in [6.07, 6.45) is 1.48. The third kappa shape index (κ3) is 2.14. The highest BCUT2D eigenvalue weighted by Gasteiger charge is 2.16. The number of nitrogens with zero attached hydrogens (tertiary/aromatic N) is 4. The van der Waals surface area contributed by atoms with Crippen molar-refractivity contribution in [3.63, 3.8) is 0 Å². The van der Waals surface area contributed by atoms with Crippen LogP contribution >= 0.6 is 22.7 Å². The molecule has 0 spiro atoms. The van der Waals surface area contributed by atoms with E-state index in [0.29, 0.717) is 14.2 Å². The third-order valence-corrected chi connectivity index (χ3v) is 5.81. The second-order valence-electron chi connectivity index (χ2n) is 3.31. The van der Waals surface area contributed by atoms with Gasteiger partial charge in [0, 0.05) is 0 Å². The first-order valence-corrected chi connectivity index (χ1v) is 8.02. The largest absolute Gasteiger partial charge is 0.250 e. The predicted octanol–water partition coefficient (Wildman–Crippen LogP) is 0.726. The summed E-state index contributed by atoms with van der Waals surface area (Å²) in [5.41, 5.74) is 0. The van der Waals surface area contributed by atoms with Gasteiger partial charge in [-0.2, -0.15) is 9.61 Å². The molecule has 0 aliphatic rings. The molecule has 3 rings (SSSR count). The number of aromatic nitrogens is 4. The lowest BCUT2D eigenvalue weighted by molar-refractivity contribution is 0.583. The Morgan fingerprint density at radius 1 is 1.44 bits per heavy atom. The standard InChI is InChI=1S/C8H7N5O2S3/c14-18(15,7-2-1-3-16-7)10-4-6-12-13-5-9-11-8(13)17-6/h1-3,5,10H,4H2. The van der Waals surface area contributed by atoms with Crippen molar-refractivity contribution in [2.45, 2.75) is 10.8 Å². The van der Waals surface area contributed by atoms with Crippen LogP contribution in [-0.4, -0.2) is 28.2 Å². The number of hydrogen-bond donors (Lipinski definition) is 1. The molecule has 18 heavy (non-hydrogen) atoms. The molecule has 0 aliphatic heterocycles. The van der Waals surface area contributed by atoms with Gasteiger partial charge < -0.3 is 0 Å². The molecule has 0 saturated heterocycles. The number of hydrogen-bond acceptors (Lipinski definition) is 7. The van der Waals surface area contributed by atoms with E-state index >= 15 is 0 Å². The van der Waals surface area contributed by atoms with Crippen LogP contribution in [0, 0.1) is 0 Å². The highest BCUT2D eigenvalue weighted by molar-refractivity contribution is 7.91. The van der Waals surface area contributed by atoms with E-state index < -0.39 is 10.0 Å². The van der Waals surface area contributed by atoms with Gasteiger partial charge in [0.25, 0.3) is 0 Å². The number of thiophene rings is 1. The van der Waals surface area contributed by atoms with Crippen molar-refractivity contribution in [2.75, 3.05) is 0 Å². The molecule has 0 aromatic carbocycles. The maximum atomic E-state index is 11.9. The number of rotatable bonds is 4. The molecule has 0 unspecified atom stereocenters. The van der Waals surface area contributed by atoms with Gasteiger partial charge in [-0.1, -0.05) is 17.4 Å². The smallest absolute Gasteiger partial charge is 0.206 e. The summed E-state index contributed by atoms with van der Waals surface area (Å²) in [6, 6.07) is 3.26. The molecule has 7 nitrogen and oxygen atoms in total. The fourth-order valence-corrected chi connectivity index (χ4v) is 4.19. The fraction of sp³-hybridized carbons (Fsp3) is 0.125. The molecular formula is C8H7N5O2S3. The highest BCUT2D eigenvalue weighted by Crippen LogP contribution is 2.17. The molecule has 0 fully saturated rings. The van der Waals surface area contributed by atoms with Crippen LogP contribution in [0.5, 0.6) is 0 Å². The lowest BCUT2D eigenvalue weighted by Crippen LogP contribution is -2.22. The fourth-order valence-electron chi connectivity index (χ4n) is 1.32. The Labute approximate surface area is 110 Å². The maximum Gasteiger partial charge on any atom is 0.250 e. The quantitative estimate of drug-likeness (QED) is 0.767. The van der Waals surface area contributed by atoms with E-state index in [1.54, 1.807) is 17.5 Å². The summed E-state index contributed by atoms with van der Waals surface area (Å²) in [5, 5.41) is 14.0. The second-order valence-corrected chi connectivity index (χ2v) is 7.29. The van der Waals surface area contributed by atoms with E-state index in [1.165, 1.54) is 33.5 Å². The molecule has 0 aliphatic carbocycles. The van der Waals surface area contributed by atoms with Crippen molar-refractivity contribution in [2.24, 2.45) is 0 Å². The lowest BCUT2D eigenvalue weighted by Gasteiger charge is -2.01. The van der Waals surface area contributed by atoms with E-state index in [9.17, 15) is 8.42 Å². The first kappa shape index (κ1) is 11.7. The molecule has 0 amide bonds. The Morgan fingerprint density at radius 2 is 2.33 bits per heavy atom. The first-order chi connectivity index (χ1) is 8.65. The summed E-state index contributed by atoms with van der Waals surface area (Å²) in [5.74, 6) is 0. The molecule has 3 aromatic heterocycles. The molecule has 1 N–H and O–H groups in total. The minimum absolute atomic E-state index is 0.147. The average Bonchev–Trinajstić information content (AvgIpc) is 3.02. The van der Waals surface area contributed by atoms with Crippen molar-refractivity contribution >= 4 is 37.7 Å². The van der Waals surface area contributed by atoms with Crippen molar-refractivity contribution in [1.29, 1.82) is 0 Å². The molecule has 0 saturated carbocycles. The second kappa shape index (κ2) is 4.39. The Bertz CT molecular complexity index is 729. The van der Waals surface area contributed by atoms with Crippen molar-refractivity contribution < 1.29 is 8.42 Å². The zero-order valence-electron chi connectivity index (χ0n) is 8.85.